The second kappa shape index (κ2) is 7.20. The number of ether oxygens (including phenoxy) is 2. The highest BCUT2D eigenvalue weighted by atomic mass is 16.5. The monoisotopic (exact) mass is 364 g/mol. The summed E-state index contributed by atoms with van der Waals surface area (Å²) in [6, 6.07) is 13.3. The third-order valence-electron chi connectivity index (χ3n) is 4.42. The molecule has 0 spiro atoms. The molecule has 1 atom stereocenters. The van der Waals surface area contributed by atoms with Gasteiger partial charge < -0.3 is 9.47 Å². The summed E-state index contributed by atoms with van der Waals surface area (Å²) in [6.07, 6.45) is 3.11. The molecule has 138 valence electrons. The number of fused-ring (bicyclic) bond motifs is 1. The number of para-hydroxylation sites is 1. The second-order valence-electron chi connectivity index (χ2n) is 6.36. The van der Waals surface area contributed by atoms with E-state index in [4.69, 9.17) is 9.47 Å². The van der Waals surface area contributed by atoms with Crippen molar-refractivity contribution in [1.29, 1.82) is 0 Å². The van der Waals surface area contributed by atoms with Crippen molar-refractivity contribution in [2.24, 2.45) is 0 Å². The summed E-state index contributed by atoms with van der Waals surface area (Å²) in [5.41, 5.74) is 2.75. The molecular weight excluding hydrogens is 344 g/mol. The Labute approximate surface area is 157 Å². The van der Waals surface area contributed by atoms with E-state index in [0.29, 0.717) is 29.4 Å². The van der Waals surface area contributed by atoms with Crippen molar-refractivity contribution in [2.75, 3.05) is 18.6 Å². The molecular formula is C20H20N4O3. The highest BCUT2D eigenvalue weighted by Gasteiger charge is 2.31. The van der Waals surface area contributed by atoms with Crippen LogP contribution < -0.4 is 9.64 Å². The first-order valence-electron chi connectivity index (χ1n) is 8.74. The van der Waals surface area contributed by atoms with Crippen LogP contribution in [0.15, 0.2) is 54.9 Å². The summed E-state index contributed by atoms with van der Waals surface area (Å²) in [6.45, 7) is 2.64. The van der Waals surface area contributed by atoms with E-state index in [2.05, 4.69) is 10.1 Å². The summed E-state index contributed by atoms with van der Waals surface area (Å²) < 4.78 is 12.8. The van der Waals surface area contributed by atoms with Gasteiger partial charge in [-0.1, -0.05) is 18.2 Å². The standard InChI is InChI=1S/C20H20N4O3/c1-14-12-23(17-9-6-10-21-19(17)27-14)20(25)16-11-22-24(18(16)13-26-2)15-7-4-3-5-8-15/h3-11,14H,12-13H2,1-2H3/t14-/m1/s1. The minimum Gasteiger partial charge on any atom is -0.471 e. The van der Waals surface area contributed by atoms with Gasteiger partial charge in [0.25, 0.3) is 5.91 Å². The smallest absolute Gasteiger partial charge is 0.262 e. The van der Waals surface area contributed by atoms with Gasteiger partial charge in [-0.3, -0.25) is 9.69 Å². The molecule has 0 radical (unpaired) electrons. The fourth-order valence-electron chi connectivity index (χ4n) is 3.22. The highest BCUT2D eigenvalue weighted by Crippen LogP contribution is 2.32. The Hall–Kier alpha value is -3.19. The van der Waals surface area contributed by atoms with Gasteiger partial charge in [0.1, 0.15) is 11.8 Å². The van der Waals surface area contributed by atoms with Gasteiger partial charge in [0.05, 0.1) is 36.3 Å². The SMILES string of the molecule is COCc1c(C(=O)N2C[C@@H](C)Oc3ncccc32)cnn1-c1ccccc1. The summed E-state index contributed by atoms with van der Waals surface area (Å²) in [5, 5.41) is 4.44. The lowest BCUT2D eigenvalue weighted by Crippen LogP contribution is -2.42. The first-order valence-corrected chi connectivity index (χ1v) is 8.74. The summed E-state index contributed by atoms with van der Waals surface area (Å²) in [5.74, 6) is 0.321. The number of nitrogens with zero attached hydrogens (tertiary/aromatic N) is 4. The Balaban J connectivity index is 1.76. The molecule has 1 aromatic carbocycles. The molecule has 0 aliphatic carbocycles. The number of methoxy groups -OCH3 is 1. The van der Waals surface area contributed by atoms with Crippen molar-refractivity contribution < 1.29 is 14.3 Å². The van der Waals surface area contributed by atoms with Gasteiger partial charge in [0.15, 0.2) is 0 Å². The van der Waals surface area contributed by atoms with Crippen LogP contribution in [0.5, 0.6) is 5.88 Å². The van der Waals surface area contributed by atoms with Crippen molar-refractivity contribution in [3.63, 3.8) is 0 Å². The topological polar surface area (TPSA) is 69.5 Å². The third kappa shape index (κ3) is 3.17. The maximum atomic E-state index is 13.4. The molecule has 0 bridgehead atoms. The van der Waals surface area contributed by atoms with Crippen molar-refractivity contribution >= 4 is 11.6 Å². The molecule has 1 amide bonds. The normalized spacial score (nSPS) is 15.9. The largest absolute Gasteiger partial charge is 0.471 e. The van der Waals surface area contributed by atoms with Crippen LogP contribution >= 0.6 is 0 Å². The van der Waals surface area contributed by atoms with Crippen LogP contribution in [0, 0.1) is 0 Å². The molecule has 7 nitrogen and oxygen atoms in total. The molecule has 1 aliphatic rings. The average molecular weight is 364 g/mol. The number of hydrogen-bond acceptors (Lipinski definition) is 5. The number of carbonyl (C=O) groups excluding carboxylic acids is 1. The van der Waals surface area contributed by atoms with E-state index >= 15 is 0 Å². The zero-order valence-corrected chi connectivity index (χ0v) is 15.2. The van der Waals surface area contributed by atoms with Crippen LogP contribution in [0.25, 0.3) is 5.69 Å². The Morgan fingerprint density at radius 2 is 2.07 bits per heavy atom. The summed E-state index contributed by atoms with van der Waals surface area (Å²) >= 11 is 0. The molecule has 7 heteroatoms. The number of aromatic nitrogens is 3. The number of hydrogen-bond donors (Lipinski definition) is 0. The quantitative estimate of drug-likeness (QED) is 0.712. The number of benzene rings is 1. The van der Waals surface area contributed by atoms with Crippen molar-refractivity contribution in [3.05, 3.63) is 66.1 Å². The molecule has 0 saturated carbocycles. The average Bonchev–Trinajstić information content (AvgIpc) is 3.11. The van der Waals surface area contributed by atoms with Crippen LogP contribution in [-0.4, -0.2) is 40.4 Å². The number of pyridine rings is 1. The Bertz CT molecular complexity index is 955. The fourth-order valence-corrected chi connectivity index (χ4v) is 3.22. The second-order valence-corrected chi connectivity index (χ2v) is 6.36. The number of amides is 1. The first kappa shape index (κ1) is 17.2. The molecule has 0 fully saturated rings. The van der Waals surface area contributed by atoms with E-state index in [-0.39, 0.29) is 18.6 Å². The molecule has 3 heterocycles. The van der Waals surface area contributed by atoms with Gasteiger partial charge in [-0.2, -0.15) is 5.10 Å². The highest BCUT2D eigenvalue weighted by molar-refractivity contribution is 6.07. The van der Waals surface area contributed by atoms with E-state index in [1.165, 1.54) is 0 Å². The summed E-state index contributed by atoms with van der Waals surface area (Å²) in [7, 11) is 1.60. The summed E-state index contributed by atoms with van der Waals surface area (Å²) in [4.78, 5) is 19.3. The van der Waals surface area contributed by atoms with Gasteiger partial charge >= 0.3 is 0 Å². The molecule has 27 heavy (non-hydrogen) atoms. The van der Waals surface area contributed by atoms with Crippen LogP contribution in [0.1, 0.15) is 23.0 Å². The van der Waals surface area contributed by atoms with Crippen LogP contribution in [0.4, 0.5) is 5.69 Å². The minimum absolute atomic E-state index is 0.145. The van der Waals surface area contributed by atoms with Gasteiger partial charge in [0, 0.05) is 13.3 Å². The van der Waals surface area contributed by atoms with Gasteiger partial charge in [-0.05, 0) is 31.2 Å². The van der Waals surface area contributed by atoms with Crippen molar-refractivity contribution in [1.82, 2.24) is 14.8 Å². The van der Waals surface area contributed by atoms with Crippen LogP contribution in [-0.2, 0) is 11.3 Å². The predicted octanol–water partition coefficient (Wildman–Crippen LogP) is 2.84. The lowest BCUT2D eigenvalue weighted by molar-refractivity contribution is 0.0953. The van der Waals surface area contributed by atoms with Crippen molar-refractivity contribution in [3.8, 4) is 11.6 Å². The molecule has 1 aliphatic heterocycles. The van der Waals surface area contributed by atoms with Gasteiger partial charge in [0.2, 0.25) is 5.88 Å². The predicted molar refractivity (Wildman–Crippen MR) is 100 cm³/mol. The lowest BCUT2D eigenvalue weighted by Gasteiger charge is -2.32. The van der Waals surface area contributed by atoms with Crippen molar-refractivity contribution in [2.45, 2.75) is 19.6 Å². The molecule has 2 aromatic heterocycles. The number of carbonyl (C=O) groups is 1. The van der Waals surface area contributed by atoms with E-state index in [0.717, 1.165) is 5.69 Å². The first-order chi connectivity index (χ1) is 13.2. The number of rotatable bonds is 4. The minimum atomic E-state index is -0.147. The maximum Gasteiger partial charge on any atom is 0.262 e. The Kier molecular flexibility index (Phi) is 4.60. The van der Waals surface area contributed by atoms with E-state index in [9.17, 15) is 4.79 Å². The van der Waals surface area contributed by atoms with E-state index < -0.39 is 0 Å². The molecule has 0 unspecified atom stereocenters. The third-order valence-corrected chi connectivity index (χ3v) is 4.42. The zero-order valence-electron chi connectivity index (χ0n) is 15.2. The fraction of sp³-hybridized carbons (Fsp3) is 0.250. The lowest BCUT2D eigenvalue weighted by atomic mass is 10.1. The van der Waals surface area contributed by atoms with Gasteiger partial charge in [-0.15, -0.1) is 0 Å². The van der Waals surface area contributed by atoms with E-state index in [1.54, 1.807) is 35.2 Å². The molecule has 3 aromatic rings. The van der Waals surface area contributed by atoms with E-state index in [1.807, 2.05) is 43.3 Å². The van der Waals surface area contributed by atoms with Gasteiger partial charge in [-0.25, -0.2) is 9.67 Å². The zero-order chi connectivity index (χ0) is 18.8. The number of anilines is 1. The molecule has 0 N–H and O–H groups in total. The van der Waals surface area contributed by atoms with Crippen LogP contribution in [0.2, 0.25) is 0 Å². The maximum absolute atomic E-state index is 13.4. The molecule has 4 rings (SSSR count). The van der Waals surface area contributed by atoms with Crippen LogP contribution in [0.3, 0.4) is 0 Å². The molecule has 0 saturated heterocycles. The Morgan fingerprint density at radius 3 is 2.85 bits per heavy atom. The Morgan fingerprint density at radius 1 is 1.26 bits per heavy atom.